The van der Waals surface area contributed by atoms with Gasteiger partial charge < -0.3 is 4.57 Å². The minimum Gasteiger partial charge on any atom is -0.319 e. The molecule has 3 heterocycles. The van der Waals surface area contributed by atoms with E-state index in [2.05, 4.69) is 9.97 Å². The molecule has 1 amide bonds. The van der Waals surface area contributed by atoms with E-state index in [-0.39, 0.29) is 12.5 Å². The zero-order chi connectivity index (χ0) is 23.3. The molecular formula is C21H21ClN6O3S. The fourth-order valence-electron chi connectivity index (χ4n) is 3.74. The van der Waals surface area contributed by atoms with E-state index >= 15 is 0 Å². The molecule has 0 atom stereocenters. The summed E-state index contributed by atoms with van der Waals surface area (Å²) in [6, 6.07) is 3.77. The van der Waals surface area contributed by atoms with Crippen molar-refractivity contribution in [3.8, 4) is 0 Å². The maximum absolute atomic E-state index is 12.7. The minimum absolute atomic E-state index is 0.211. The fraction of sp³-hybridized carbons (Fsp3) is 0.286. The number of carbonyl (C=O) groups excluding carboxylic acids is 1. The molecular weight excluding hydrogens is 452 g/mol. The lowest BCUT2D eigenvalue weighted by molar-refractivity contribution is -0.115. The number of thiazole rings is 1. The molecule has 0 radical (unpaired) electrons. The van der Waals surface area contributed by atoms with Gasteiger partial charge in [0.15, 0.2) is 16.3 Å². The molecule has 0 unspecified atom stereocenters. The second-order valence-corrected chi connectivity index (χ2v) is 8.88. The number of halogens is 1. The van der Waals surface area contributed by atoms with Crippen LogP contribution in [-0.4, -0.2) is 29.6 Å². The second kappa shape index (κ2) is 8.03. The Balaban J connectivity index is 1.76. The van der Waals surface area contributed by atoms with Gasteiger partial charge in [0.2, 0.25) is 5.91 Å². The van der Waals surface area contributed by atoms with Crippen molar-refractivity contribution in [1.82, 2.24) is 23.7 Å². The molecule has 0 spiro atoms. The molecule has 166 valence electrons. The molecule has 0 N–H and O–H groups in total. The molecule has 0 aliphatic carbocycles. The summed E-state index contributed by atoms with van der Waals surface area (Å²) in [5.74, 6) is -0.211. The summed E-state index contributed by atoms with van der Waals surface area (Å²) in [5.41, 5.74) is 2.87. The molecule has 0 aliphatic rings. The number of hydrogen-bond donors (Lipinski definition) is 0. The van der Waals surface area contributed by atoms with Crippen molar-refractivity contribution in [2.45, 2.75) is 27.3 Å². The van der Waals surface area contributed by atoms with Gasteiger partial charge in [-0.2, -0.15) is 0 Å². The van der Waals surface area contributed by atoms with Gasteiger partial charge in [-0.15, -0.1) is 11.3 Å². The summed E-state index contributed by atoms with van der Waals surface area (Å²) in [4.78, 5) is 47.7. The molecule has 4 aromatic rings. The van der Waals surface area contributed by atoms with Gasteiger partial charge in [0.1, 0.15) is 0 Å². The van der Waals surface area contributed by atoms with Crippen LogP contribution in [0.1, 0.15) is 23.7 Å². The Morgan fingerprint density at radius 2 is 1.91 bits per heavy atom. The molecule has 0 saturated heterocycles. The van der Waals surface area contributed by atoms with Gasteiger partial charge in [-0.1, -0.05) is 17.7 Å². The largest absolute Gasteiger partial charge is 0.332 e. The average molecular weight is 473 g/mol. The van der Waals surface area contributed by atoms with Crippen molar-refractivity contribution in [3.63, 3.8) is 0 Å². The van der Waals surface area contributed by atoms with E-state index in [0.717, 1.165) is 15.7 Å². The fourth-order valence-corrected chi connectivity index (χ4v) is 5.01. The predicted octanol–water partition coefficient (Wildman–Crippen LogP) is 2.89. The lowest BCUT2D eigenvalue weighted by Gasteiger charge is -2.22. The minimum atomic E-state index is -0.439. The first-order chi connectivity index (χ1) is 15.1. The van der Waals surface area contributed by atoms with Crippen LogP contribution in [-0.2, 0) is 25.4 Å². The van der Waals surface area contributed by atoms with Crippen LogP contribution >= 0.6 is 22.9 Å². The van der Waals surface area contributed by atoms with E-state index in [0.29, 0.717) is 32.7 Å². The number of carbonyl (C=O) groups is 1. The summed E-state index contributed by atoms with van der Waals surface area (Å²) in [6.07, 6.45) is 1.51. The van der Waals surface area contributed by atoms with Crippen LogP contribution in [0.15, 0.2) is 33.4 Å². The Kier molecular flexibility index (Phi) is 5.51. The maximum Gasteiger partial charge on any atom is 0.332 e. The SMILES string of the molecule is CC(=O)N(c1nc(Cn2cnc3c2c(=O)n(C)c(=O)n3C)cs1)c1c(C)cc(C)cc1Cl. The smallest absolute Gasteiger partial charge is 0.319 e. The molecule has 1 aromatic carbocycles. The van der Waals surface area contributed by atoms with Crippen molar-refractivity contribution in [2.75, 3.05) is 4.90 Å². The standard InChI is InChI=1S/C21H21ClN6O3S/c1-11-6-12(2)16(15(22)7-11)28(13(3)29)20-24-14(9-32-20)8-27-10-23-18-17(27)19(30)26(5)21(31)25(18)4/h6-7,9-10H,8H2,1-5H3. The van der Waals surface area contributed by atoms with Crippen molar-refractivity contribution in [1.29, 1.82) is 0 Å². The Labute approximate surface area is 192 Å². The Morgan fingerprint density at radius 1 is 1.19 bits per heavy atom. The Morgan fingerprint density at radius 3 is 2.56 bits per heavy atom. The number of rotatable bonds is 4. The molecule has 3 aromatic heterocycles. The number of nitrogens with zero attached hydrogens (tertiary/aromatic N) is 6. The summed E-state index contributed by atoms with van der Waals surface area (Å²) in [5, 5.41) is 2.77. The number of anilines is 2. The van der Waals surface area contributed by atoms with E-state index in [9.17, 15) is 14.4 Å². The second-order valence-electron chi connectivity index (χ2n) is 7.64. The molecule has 11 heteroatoms. The molecule has 0 aliphatic heterocycles. The number of hydrogen-bond acceptors (Lipinski definition) is 6. The van der Waals surface area contributed by atoms with Gasteiger partial charge in [0, 0.05) is 26.4 Å². The van der Waals surface area contributed by atoms with E-state index < -0.39 is 11.2 Å². The van der Waals surface area contributed by atoms with Crippen LogP contribution in [0.3, 0.4) is 0 Å². The highest BCUT2D eigenvalue weighted by molar-refractivity contribution is 7.14. The van der Waals surface area contributed by atoms with E-state index in [1.165, 1.54) is 41.1 Å². The number of benzene rings is 1. The molecule has 0 fully saturated rings. The van der Waals surface area contributed by atoms with Gasteiger partial charge in [-0.25, -0.2) is 14.8 Å². The number of imidazole rings is 1. The first-order valence-electron chi connectivity index (χ1n) is 9.72. The third kappa shape index (κ3) is 3.55. The van der Waals surface area contributed by atoms with Gasteiger partial charge in [0.25, 0.3) is 5.56 Å². The van der Waals surface area contributed by atoms with Crippen LogP contribution in [0, 0.1) is 13.8 Å². The van der Waals surface area contributed by atoms with Crippen LogP contribution in [0.5, 0.6) is 0 Å². The monoisotopic (exact) mass is 472 g/mol. The van der Waals surface area contributed by atoms with Crippen molar-refractivity contribution in [3.05, 3.63) is 66.5 Å². The van der Waals surface area contributed by atoms with Crippen LogP contribution in [0.2, 0.25) is 5.02 Å². The normalized spacial score (nSPS) is 11.3. The third-order valence-corrected chi connectivity index (χ3v) is 6.38. The molecule has 9 nitrogen and oxygen atoms in total. The highest BCUT2D eigenvalue weighted by atomic mass is 35.5. The molecule has 0 saturated carbocycles. The Bertz CT molecular complexity index is 1470. The number of aromatic nitrogens is 5. The molecule has 32 heavy (non-hydrogen) atoms. The van der Waals surface area contributed by atoms with Gasteiger partial charge in [0.05, 0.1) is 29.3 Å². The van der Waals surface area contributed by atoms with Gasteiger partial charge in [-0.3, -0.25) is 23.6 Å². The van der Waals surface area contributed by atoms with Gasteiger partial charge in [-0.05, 0) is 31.0 Å². The van der Waals surface area contributed by atoms with E-state index in [4.69, 9.17) is 11.6 Å². The highest BCUT2D eigenvalue weighted by Gasteiger charge is 2.23. The summed E-state index contributed by atoms with van der Waals surface area (Å²) < 4.78 is 4.03. The lowest BCUT2D eigenvalue weighted by atomic mass is 10.1. The quantitative estimate of drug-likeness (QED) is 0.455. The Hall–Kier alpha value is -3.24. The van der Waals surface area contributed by atoms with Crippen molar-refractivity contribution < 1.29 is 4.79 Å². The van der Waals surface area contributed by atoms with Crippen molar-refractivity contribution in [2.24, 2.45) is 14.1 Å². The first kappa shape index (κ1) is 22.0. The maximum atomic E-state index is 12.7. The zero-order valence-electron chi connectivity index (χ0n) is 18.2. The highest BCUT2D eigenvalue weighted by Crippen LogP contribution is 2.37. The van der Waals surface area contributed by atoms with Crippen LogP contribution in [0.4, 0.5) is 10.8 Å². The van der Waals surface area contributed by atoms with Crippen molar-refractivity contribution >= 4 is 50.8 Å². The summed E-state index contributed by atoms with van der Waals surface area (Å²) in [6.45, 7) is 5.56. The third-order valence-electron chi connectivity index (χ3n) is 5.22. The predicted molar refractivity (Wildman–Crippen MR) is 125 cm³/mol. The van der Waals surface area contributed by atoms with E-state index in [1.807, 2.05) is 31.4 Å². The molecule has 4 rings (SSSR count). The first-order valence-corrected chi connectivity index (χ1v) is 11.0. The summed E-state index contributed by atoms with van der Waals surface area (Å²) >= 11 is 7.78. The van der Waals surface area contributed by atoms with Gasteiger partial charge >= 0.3 is 5.69 Å². The number of amides is 1. The zero-order valence-corrected chi connectivity index (χ0v) is 19.8. The lowest BCUT2D eigenvalue weighted by Crippen LogP contribution is -2.37. The van der Waals surface area contributed by atoms with Crippen LogP contribution < -0.4 is 16.1 Å². The average Bonchev–Trinajstić information content (AvgIpc) is 3.34. The summed E-state index contributed by atoms with van der Waals surface area (Å²) in [7, 11) is 3.00. The number of fused-ring (bicyclic) bond motifs is 1. The van der Waals surface area contributed by atoms with E-state index in [1.54, 1.807) is 11.6 Å². The number of aryl methyl sites for hydroxylation is 3. The topological polar surface area (TPSA) is 95.0 Å². The molecule has 0 bridgehead atoms. The van der Waals surface area contributed by atoms with Crippen LogP contribution in [0.25, 0.3) is 11.2 Å².